The lowest BCUT2D eigenvalue weighted by molar-refractivity contribution is 0.353. The van der Waals surface area contributed by atoms with Crippen molar-refractivity contribution in [2.24, 2.45) is 0 Å². The highest BCUT2D eigenvalue weighted by Crippen LogP contribution is 2.09. The van der Waals surface area contributed by atoms with E-state index in [4.69, 9.17) is 0 Å². The molecule has 0 saturated carbocycles. The minimum Gasteiger partial charge on any atom is -0.302 e. The van der Waals surface area contributed by atoms with Crippen LogP contribution in [0.5, 0.6) is 0 Å². The van der Waals surface area contributed by atoms with Crippen LogP contribution in [0.15, 0.2) is 0 Å². The molecule has 3 heteroatoms. The van der Waals surface area contributed by atoms with Gasteiger partial charge >= 0.3 is 0 Å². The van der Waals surface area contributed by atoms with Gasteiger partial charge in [0.2, 0.25) is 6.29 Å². The molecule has 2 nitrogen and oxygen atoms in total. The maximum Gasteiger partial charge on any atom is 0.213 e. The molecule has 1 atom stereocenters. The zero-order valence-electron chi connectivity index (χ0n) is 5.85. The lowest BCUT2D eigenvalue weighted by Crippen LogP contribution is -2.27. The molecular weight excluding hydrogens is 241 g/mol. The summed E-state index contributed by atoms with van der Waals surface area (Å²) in [6, 6.07) is 0. The monoisotopic (exact) mass is 252 g/mol. The summed E-state index contributed by atoms with van der Waals surface area (Å²) in [7, 11) is 0. The summed E-state index contributed by atoms with van der Waals surface area (Å²) in [5.41, 5.74) is 0. The average molecular weight is 252 g/mol. The van der Waals surface area contributed by atoms with Crippen LogP contribution >= 0.6 is 22.6 Å². The molecule has 1 fully saturated rings. The van der Waals surface area contributed by atoms with Crippen molar-refractivity contribution in [2.45, 2.75) is 16.8 Å². The Labute approximate surface area is 75.1 Å². The molecule has 0 aliphatic carbocycles. The Morgan fingerprint density at radius 3 is 2.60 bits per heavy atom. The Balaban J connectivity index is 2.17. The van der Waals surface area contributed by atoms with Crippen molar-refractivity contribution >= 4 is 28.9 Å². The second-order valence-electron chi connectivity index (χ2n) is 2.59. The predicted molar refractivity (Wildman–Crippen MR) is 49.2 cm³/mol. The normalized spacial score (nSPS) is 22.9. The summed E-state index contributed by atoms with van der Waals surface area (Å²) >= 11 is 2.13. The van der Waals surface area contributed by atoms with Gasteiger partial charge in [-0.3, -0.25) is 4.79 Å². The Morgan fingerprint density at radius 1 is 1.50 bits per heavy atom. The van der Waals surface area contributed by atoms with E-state index in [1.165, 1.54) is 25.9 Å². The molecule has 0 N–H and O–H groups in total. The van der Waals surface area contributed by atoms with Crippen molar-refractivity contribution in [2.75, 3.05) is 19.6 Å². The third-order valence-corrected chi connectivity index (χ3v) is 2.39. The Hall–Kier alpha value is 0.360. The Kier molecular flexibility index (Phi) is 3.62. The van der Waals surface area contributed by atoms with Crippen LogP contribution in [0.1, 0.15) is 12.8 Å². The Morgan fingerprint density at radius 2 is 2.10 bits per heavy atom. The lowest BCUT2D eigenvalue weighted by atomic mass is 10.4. The van der Waals surface area contributed by atoms with Gasteiger partial charge in [0.05, 0.1) is 3.92 Å². The van der Waals surface area contributed by atoms with Gasteiger partial charge in [0.15, 0.2) is 0 Å². The van der Waals surface area contributed by atoms with Gasteiger partial charge in [0.1, 0.15) is 0 Å². The molecular formula is C7H11INO. The van der Waals surface area contributed by atoms with Crippen LogP contribution in [-0.4, -0.2) is 34.7 Å². The van der Waals surface area contributed by atoms with Gasteiger partial charge < -0.3 is 4.90 Å². The van der Waals surface area contributed by atoms with Gasteiger partial charge in [-0.25, -0.2) is 0 Å². The van der Waals surface area contributed by atoms with Gasteiger partial charge in [-0.1, -0.05) is 22.6 Å². The van der Waals surface area contributed by atoms with E-state index >= 15 is 0 Å². The SMILES string of the molecule is O=[C]C(I)CN1CCCC1. The fourth-order valence-electron chi connectivity index (χ4n) is 1.23. The van der Waals surface area contributed by atoms with Crippen molar-refractivity contribution in [3.63, 3.8) is 0 Å². The number of hydrogen-bond donors (Lipinski definition) is 0. The molecule has 1 aliphatic rings. The van der Waals surface area contributed by atoms with E-state index in [9.17, 15) is 4.79 Å². The first kappa shape index (κ1) is 8.46. The number of likely N-dealkylation sites (tertiary alicyclic amines) is 1. The molecule has 1 rings (SSSR count). The van der Waals surface area contributed by atoms with Crippen molar-refractivity contribution in [3.8, 4) is 0 Å². The number of alkyl halides is 1. The summed E-state index contributed by atoms with van der Waals surface area (Å²) in [4.78, 5) is 12.5. The number of nitrogens with zero attached hydrogens (tertiary/aromatic N) is 1. The molecule has 1 radical (unpaired) electrons. The fraction of sp³-hybridized carbons (Fsp3) is 0.857. The molecule has 10 heavy (non-hydrogen) atoms. The molecule has 0 amide bonds. The standard InChI is InChI=1S/C7H11INO/c8-7(6-10)5-9-3-1-2-4-9/h7H,1-5H2. The van der Waals surface area contributed by atoms with Gasteiger partial charge in [-0.15, -0.1) is 0 Å². The Bertz CT molecular complexity index is 112. The molecule has 0 aromatic carbocycles. The van der Waals surface area contributed by atoms with Gasteiger partial charge in [0, 0.05) is 6.54 Å². The first-order valence-electron chi connectivity index (χ1n) is 3.57. The number of rotatable bonds is 3. The number of hydrogen-bond acceptors (Lipinski definition) is 2. The third kappa shape index (κ3) is 2.54. The molecule has 0 aromatic rings. The topological polar surface area (TPSA) is 20.3 Å². The highest BCUT2D eigenvalue weighted by molar-refractivity contribution is 14.1. The molecule has 1 saturated heterocycles. The third-order valence-electron chi connectivity index (χ3n) is 1.75. The maximum atomic E-state index is 10.1. The second-order valence-corrected chi connectivity index (χ2v) is 4.10. The van der Waals surface area contributed by atoms with E-state index in [-0.39, 0.29) is 3.92 Å². The van der Waals surface area contributed by atoms with Gasteiger partial charge in [0.25, 0.3) is 0 Å². The molecule has 1 unspecified atom stereocenters. The van der Waals surface area contributed by atoms with Crippen molar-refractivity contribution in [1.29, 1.82) is 0 Å². The summed E-state index contributed by atoms with van der Waals surface area (Å²) < 4.78 is 0.0655. The van der Waals surface area contributed by atoms with Crippen LogP contribution in [-0.2, 0) is 4.79 Å². The zero-order chi connectivity index (χ0) is 7.40. The van der Waals surface area contributed by atoms with Crippen molar-refractivity contribution in [1.82, 2.24) is 4.90 Å². The second kappa shape index (κ2) is 4.28. The maximum absolute atomic E-state index is 10.1. The quantitative estimate of drug-likeness (QED) is 0.551. The fourth-order valence-corrected chi connectivity index (χ4v) is 1.79. The highest BCUT2D eigenvalue weighted by atomic mass is 127. The van der Waals surface area contributed by atoms with Gasteiger partial charge in [-0.2, -0.15) is 0 Å². The molecule has 0 bridgehead atoms. The molecule has 0 spiro atoms. The molecule has 1 aliphatic heterocycles. The van der Waals surface area contributed by atoms with Crippen LogP contribution in [0.2, 0.25) is 0 Å². The van der Waals surface area contributed by atoms with E-state index in [0.29, 0.717) is 0 Å². The van der Waals surface area contributed by atoms with Crippen LogP contribution in [0.3, 0.4) is 0 Å². The van der Waals surface area contributed by atoms with Crippen LogP contribution in [0, 0.1) is 0 Å². The zero-order valence-corrected chi connectivity index (χ0v) is 8.00. The highest BCUT2D eigenvalue weighted by Gasteiger charge is 2.14. The van der Waals surface area contributed by atoms with E-state index in [0.717, 1.165) is 6.54 Å². The molecule has 0 aromatic heterocycles. The minimum absolute atomic E-state index is 0.0655. The smallest absolute Gasteiger partial charge is 0.213 e. The minimum atomic E-state index is 0.0655. The summed E-state index contributed by atoms with van der Waals surface area (Å²) in [6.07, 6.45) is 4.57. The van der Waals surface area contributed by atoms with Gasteiger partial charge in [-0.05, 0) is 25.9 Å². The van der Waals surface area contributed by atoms with Crippen LogP contribution < -0.4 is 0 Å². The first-order valence-corrected chi connectivity index (χ1v) is 4.81. The predicted octanol–water partition coefficient (Wildman–Crippen LogP) is 0.996. The number of halogens is 1. The lowest BCUT2D eigenvalue weighted by Gasteiger charge is -2.14. The van der Waals surface area contributed by atoms with E-state index in [1.807, 2.05) is 6.29 Å². The van der Waals surface area contributed by atoms with E-state index < -0.39 is 0 Å². The summed E-state index contributed by atoms with van der Waals surface area (Å²) in [5.74, 6) is 0. The summed E-state index contributed by atoms with van der Waals surface area (Å²) in [5, 5.41) is 0. The average Bonchev–Trinajstić information content (AvgIpc) is 2.40. The van der Waals surface area contributed by atoms with Crippen molar-refractivity contribution < 1.29 is 4.79 Å². The van der Waals surface area contributed by atoms with Crippen molar-refractivity contribution in [3.05, 3.63) is 0 Å². The van der Waals surface area contributed by atoms with Crippen LogP contribution in [0.4, 0.5) is 0 Å². The number of carbonyl (C=O) groups excluding carboxylic acids is 1. The van der Waals surface area contributed by atoms with E-state index in [2.05, 4.69) is 27.5 Å². The van der Waals surface area contributed by atoms with E-state index in [1.54, 1.807) is 0 Å². The largest absolute Gasteiger partial charge is 0.302 e. The van der Waals surface area contributed by atoms with Crippen LogP contribution in [0.25, 0.3) is 0 Å². The first-order chi connectivity index (χ1) is 4.83. The molecule has 1 heterocycles. The summed E-state index contributed by atoms with van der Waals surface area (Å²) in [6.45, 7) is 3.23. The molecule has 57 valence electrons.